The normalized spacial score (nSPS) is 23.6. The Bertz CT molecular complexity index is 666. The van der Waals surface area contributed by atoms with Crippen LogP contribution in [0.3, 0.4) is 0 Å². The summed E-state index contributed by atoms with van der Waals surface area (Å²) in [5.41, 5.74) is 3.52. The van der Waals surface area contributed by atoms with Gasteiger partial charge < -0.3 is 5.32 Å². The third kappa shape index (κ3) is 4.10. The van der Waals surface area contributed by atoms with Gasteiger partial charge in [0.2, 0.25) is 5.91 Å². The van der Waals surface area contributed by atoms with Gasteiger partial charge in [0.1, 0.15) is 11.1 Å². The molecule has 2 rings (SSSR count). The molecule has 3 atom stereocenters. The van der Waals surface area contributed by atoms with Crippen molar-refractivity contribution in [2.45, 2.75) is 64.9 Å². The number of amides is 1. The number of carbonyl (C=O) groups is 1. The number of carbonyl (C=O) groups excluding carboxylic acids is 1. The molecule has 1 aliphatic carbocycles. The van der Waals surface area contributed by atoms with Gasteiger partial charge in [-0.2, -0.15) is 5.26 Å². The molecular formula is C19H27N3OS. The number of nitrogens with zero attached hydrogens (tertiary/aromatic N) is 2. The molecule has 4 nitrogen and oxygen atoms in total. The number of aromatic nitrogens is 1. The summed E-state index contributed by atoms with van der Waals surface area (Å²) in [6, 6.07) is 2.50. The molecule has 3 unspecified atom stereocenters. The van der Waals surface area contributed by atoms with Gasteiger partial charge in [0, 0.05) is 11.7 Å². The second kappa shape index (κ2) is 8.02. The number of thioether (sulfide) groups is 1. The van der Waals surface area contributed by atoms with E-state index in [1.165, 1.54) is 24.6 Å². The van der Waals surface area contributed by atoms with Crippen LogP contribution < -0.4 is 5.32 Å². The van der Waals surface area contributed by atoms with E-state index in [2.05, 4.69) is 30.2 Å². The number of hydrogen-bond acceptors (Lipinski definition) is 4. The van der Waals surface area contributed by atoms with Crippen LogP contribution in [0.4, 0.5) is 0 Å². The minimum atomic E-state index is 0.0347. The van der Waals surface area contributed by atoms with Crippen LogP contribution in [0.1, 0.15) is 55.5 Å². The standard InChI is InChI=1S/C19H27N3OS/c1-11-7-6-8-17(12(11)2)22-18(23)10-24-19-16(9-20)14(4)13(3)15(5)21-19/h11-12,17H,6-8,10H2,1-5H3,(H,22,23). The van der Waals surface area contributed by atoms with E-state index in [4.69, 9.17) is 0 Å². The second-order valence-corrected chi connectivity index (χ2v) is 7.93. The molecule has 1 aromatic rings. The number of nitriles is 1. The van der Waals surface area contributed by atoms with Gasteiger partial charge in [-0.05, 0) is 50.2 Å². The predicted octanol–water partition coefficient (Wildman–Crippen LogP) is 3.91. The summed E-state index contributed by atoms with van der Waals surface area (Å²) in [6.07, 6.45) is 3.49. The molecule has 1 saturated carbocycles. The van der Waals surface area contributed by atoms with Gasteiger partial charge in [-0.1, -0.05) is 38.5 Å². The lowest BCUT2D eigenvalue weighted by atomic mass is 9.78. The average Bonchev–Trinajstić information content (AvgIpc) is 2.55. The largest absolute Gasteiger partial charge is 0.352 e. The van der Waals surface area contributed by atoms with Crippen LogP contribution in [0, 0.1) is 43.9 Å². The highest BCUT2D eigenvalue weighted by atomic mass is 32.2. The van der Waals surface area contributed by atoms with E-state index in [0.29, 0.717) is 28.2 Å². The van der Waals surface area contributed by atoms with Crippen LogP contribution in [-0.4, -0.2) is 22.7 Å². The van der Waals surface area contributed by atoms with Gasteiger partial charge in [-0.15, -0.1) is 0 Å². The van der Waals surface area contributed by atoms with Crippen molar-refractivity contribution in [1.82, 2.24) is 10.3 Å². The van der Waals surface area contributed by atoms with Crippen molar-refractivity contribution in [3.05, 3.63) is 22.4 Å². The number of nitrogens with one attached hydrogen (secondary N) is 1. The summed E-state index contributed by atoms with van der Waals surface area (Å²) < 4.78 is 0. The lowest BCUT2D eigenvalue weighted by Crippen LogP contribution is -2.44. The fraction of sp³-hybridized carbons (Fsp3) is 0.632. The first-order valence-corrected chi connectivity index (χ1v) is 9.63. The van der Waals surface area contributed by atoms with Crippen LogP contribution in [-0.2, 0) is 4.79 Å². The number of pyridine rings is 1. The van der Waals surface area contributed by atoms with Gasteiger partial charge in [-0.3, -0.25) is 4.79 Å². The van der Waals surface area contributed by atoms with Crippen molar-refractivity contribution in [2.75, 3.05) is 5.75 Å². The van der Waals surface area contributed by atoms with Gasteiger partial charge in [-0.25, -0.2) is 4.98 Å². The maximum atomic E-state index is 12.3. The zero-order valence-corrected chi connectivity index (χ0v) is 16.1. The van der Waals surface area contributed by atoms with Gasteiger partial charge in [0.05, 0.1) is 11.3 Å². The second-order valence-electron chi connectivity index (χ2n) is 6.97. The summed E-state index contributed by atoms with van der Waals surface area (Å²) in [6.45, 7) is 10.4. The summed E-state index contributed by atoms with van der Waals surface area (Å²) >= 11 is 1.36. The van der Waals surface area contributed by atoms with Crippen LogP contribution in [0.15, 0.2) is 5.03 Å². The third-order valence-corrected chi connectivity index (χ3v) is 6.44. The number of rotatable bonds is 4. The molecule has 130 valence electrons. The molecule has 5 heteroatoms. The van der Waals surface area contributed by atoms with E-state index in [-0.39, 0.29) is 11.9 Å². The Labute approximate surface area is 149 Å². The lowest BCUT2D eigenvalue weighted by Gasteiger charge is -2.34. The number of hydrogen-bond donors (Lipinski definition) is 1. The highest BCUT2D eigenvalue weighted by Crippen LogP contribution is 2.30. The SMILES string of the molecule is Cc1nc(SCC(=O)NC2CCCC(C)C2C)c(C#N)c(C)c1C. The molecule has 0 spiro atoms. The Balaban J connectivity index is 2.01. The zero-order chi connectivity index (χ0) is 17.9. The van der Waals surface area contributed by atoms with Gasteiger partial charge in [0.15, 0.2) is 0 Å². The Morgan fingerprint density at radius 1 is 1.29 bits per heavy atom. The quantitative estimate of drug-likeness (QED) is 0.840. The highest BCUT2D eigenvalue weighted by molar-refractivity contribution is 8.00. The molecule has 1 N–H and O–H groups in total. The maximum absolute atomic E-state index is 12.3. The Morgan fingerprint density at radius 3 is 2.67 bits per heavy atom. The average molecular weight is 346 g/mol. The minimum Gasteiger partial charge on any atom is -0.352 e. The summed E-state index contributed by atoms with van der Waals surface area (Å²) in [5, 5.41) is 13.2. The van der Waals surface area contributed by atoms with Gasteiger partial charge >= 0.3 is 0 Å². The number of aryl methyl sites for hydroxylation is 1. The smallest absolute Gasteiger partial charge is 0.230 e. The van der Waals surface area contributed by atoms with E-state index >= 15 is 0 Å². The Hall–Kier alpha value is -1.54. The molecule has 0 bridgehead atoms. The predicted molar refractivity (Wildman–Crippen MR) is 98.0 cm³/mol. The third-order valence-electron chi connectivity index (χ3n) is 5.47. The molecule has 0 aromatic carbocycles. The first-order chi connectivity index (χ1) is 11.3. The van der Waals surface area contributed by atoms with E-state index in [0.717, 1.165) is 23.2 Å². The maximum Gasteiger partial charge on any atom is 0.230 e. The van der Waals surface area contributed by atoms with Crippen molar-refractivity contribution in [2.24, 2.45) is 11.8 Å². The zero-order valence-electron chi connectivity index (χ0n) is 15.3. The molecule has 0 saturated heterocycles. The molecule has 1 aliphatic rings. The van der Waals surface area contributed by atoms with Crippen molar-refractivity contribution in [3.63, 3.8) is 0 Å². The molecule has 1 aromatic heterocycles. The first kappa shape index (κ1) is 18.8. The van der Waals surface area contributed by atoms with E-state index < -0.39 is 0 Å². The van der Waals surface area contributed by atoms with Crippen LogP contribution in [0.2, 0.25) is 0 Å². The Kier molecular flexibility index (Phi) is 6.28. The summed E-state index contributed by atoms with van der Waals surface area (Å²) in [5.74, 6) is 1.52. The Morgan fingerprint density at radius 2 is 2.00 bits per heavy atom. The lowest BCUT2D eigenvalue weighted by molar-refractivity contribution is -0.119. The van der Waals surface area contributed by atoms with Crippen molar-refractivity contribution in [1.29, 1.82) is 5.26 Å². The van der Waals surface area contributed by atoms with Crippen LogP contribution in [0.25, 0.3) is 0 Å². The molecule has 1 fully saturated rings. The summed E-state index contributed by atoms with van der Waals surface area (Å²) in [7, 11) is 0. The molecule has 0 radical (unpaired) electrons. The van der Waals surface area contributed by atoms with Gasteiger partial charge in [0.25, 0.3) is 0 Å². The van der Waals surface area contributed by atoms with E-state index in [9.17, 15) is 10.1 Å². The topological polar surface area (TPSA) is 65.8 Å². The van der Waals surface area contributed by atoms with Crippen molar-refractivity contribution >= 4 is 17.7 Å². The molecular weight excluding hydrogens is 318 g/mol. The molecule has 1 amide bonds. The van der Waals surface area contributed by atoms with Crippen molar-refractivity contribution in [3.8, 4) is 6.07 Å². The van der Waals surface area contributed by atoms with Crippen LogP contribution in [0.5, 0.6) is 0 Å². The minimum absolute atomic E-state index is 0.0347. The summed E-state index contributed by atoms with van der Waals surface area (Å²) in [4.78, 5) is 16.8. The van der Waals surface area contributed by atoms with E-state index in [1.807, 2.05) is 20.8 Å². The first-order valence-electron chi connectivity index (χ1n) is 8.65. The molecule has 1 heterocycles. The molecule has 24 heavy (non-hydrogen) atoms. The fourth-order valence-electron chi connectivity index (χ4n) is 3.32. The fourth-order valence-corrected chi connectivity index (χ4v) is 4.21. The molecule has 0 aliphatic heterocycles. The van der Waals surface area contributed by atoms with Crippen LogP contribution >= 0.6 is 11.8 Å². The van der Waals surface area contributed by atoms with Crippen molar-refractivity contribution < 1.29 is 4.79 Å². The highest BCUT2D eigenvalue weighted by Gasteiger charge is 2.28. The monoisotopic (exact) mass is 345 g/mol. The van der Waals surface area contributed by atoms with E-state index in [1.54, 1.807) is 0 Å².